The monoisotopic (exact) mass is 246 g/mol. The Bertz CT molecular complexity index is 498. The Hall–Kier alpha value is -2.19. The van der Waals surface area contributed by atoms with E-state index in [-0.39, 0.29) is 12.3 Å². The second-order valence-electron chi connectivity index (χ2n) is 3.70. The Morgan fingerprint density at radius 1 is 1.44 bits per heavy atom. The third-order valence-electron chi connectivity index (χ3n) is 2.64. The Balaban J connectivity index is 3.19. The van der Waals surface area contributed by atoms with Crippen molar-refractivity contribution in [1.82, 2.24) is 0 Å². The molecule has 0 saturated heterocycles. The maximum Gasteiger partial charge on any atom is 0.269 e. The number of benzene rings is 1. The van der Waals surface area contributed by atoms with Gasteiger partial charge in [0.25, 0.3) is 5.69 Å². The van der Waals surface area contributed by atoms with Crippen molar-refractivity contribution in [2.24, 2.45) is 0 Å². The van der Waals surface area contributed by atoms with E-state index >= 15 is 0 Å². The Morgan fingerprint density at radius 3 is 2.44 bits per heavy atom. The molecule has 1 N–H and O–H groups in total. The molecule has 0 amide bonds. The number of aliphatic hydroxyl groups is 1. The van der Waals surface area contributed by atoms with Crippen molar-refractivity contribution in [2.75, 3.05) is 6.61 Å². The van der Waals surface area contributed by atoms with Gasteiger partial charge in [-0.15, -0.1) is 0 Å². The van der Waals surface area contributed by atoms with Crippen molar-refractivity contribution in [1.29, 1.82) is 5.26 Å². The standard InChI is InChI=1S/C13H14N2O3/c1-2-10(9-14)13(7-8-16)11-3-5-12(6-4-11)15(17)18/h3-6,16H,2,7-8H2,1H3/b13-10-. The van der Waals surface area contributed by atoms with Crippen molar-refractivity contribution in [3.63, 3.8) is 0 Å². The molecule has 0 spiro atoms. The molecule has 1 aromatic rings. The van der Waals surface area contributed by atoms with Crippen LogP contribution < -0.4 is 0 Å². The molecule has 0 atom stereocenters. The van der Waals surface area contributed by atoms with Gasteiger partial charge >= 0.3 is 0 Å². The van der Waals surface area contributed by atoms with Gasteiger partial charge in [0.1, 0.15) is 0 Å². The molecule has 1 aromatic carbocycles. The fraction of sp³-hybridized carbons (Fsp3) is 0.308. The van der Waals surface area contributed by atoms with Gasteiger partial charge in [-0.1, -0.05) is 6.92 Å². The molecule has 5 heteroatoms. The Kier molecular flexibility index (Phi) is 5.03. The maximum atomic E-state index is 10.6. The number of non-ortho nitro benzene ring substituents is 1. The average molecular weight is 246 g/mol. The smallest absolute Gasteiger partial charge is 0.269 e. The first kappa shape index (κ1) is 13.9. The second kappa shape index (κ2) is 6.52. The first-order valence-corrected chi connectivity index (χ1v) is 5.61. The zero-order chi connectivity index (χ0) is 13.5. The lowest BCUT2D eigenvalue weighted by molar-refractivity contribution is -0.384. The molecular formula is C13H14N2O3. The molecule has 0 aliphatic heterocycles. The minimum atomic E-state index is -0.468. The Morgan fingerprint density at radius 2 is 2.06 bits per heavy atom. The lowest BCUT2D eigenvalue weighted by atomic mass is 9.96. The van der Waals surface area contributed by atoms with E-state index in [9.17, 15) is 10.1 Å². The summed E-state index contributed by atoms with van der Waals surface area (Å²) in [5, 5.41) is 28.6. The van der Waals surface area contributed by atoms with Crippen LogP contribution >= 0.6 is 0 Å². The van der Waals surface area contributed by atoms with Crippen LogP contribution in [-0.2, 0) is 0 Å². The number of rotatable bonds is 5. The molecule has 0 radical (unpaired) electrons. The molecule has 0 saturated carbocycles. The van der Waals surface area contributed by atoms with Gasteiger partial charge in [0, 0.05) is 24.3 Å². The van der Waals surface area contributed by atoms with E-state index in [4.69, 9.17) is 10.4 Å². The van der Waals surface area contributed by atoms with Gasteiger partial charge in [-0.25, -0.2) is 0 Å². The summed E-state index contributed by atoms with van der Waals surface area (Å²) in [6, 6.07) is 8.12. The number of nitro groups is 1. The molecule has 5 nitrogen and oxygen atoms in total. The topological polar surface area (TPSA) is 87.2 Å². The van der Waals surface area contributed by atoms with Gasteiger partial charge < -0.3 is 5.11 Å². The summed E-state index contributed by atoms with van der Waals surface area (Å²) >= 11 is 0. The number of hydrogen-bond acceptors (Lipinski definition) is 4. The van der Waals surface area contributed by atoms with Crippen molar-refractivity contribution < 1.29 is 10.0 Å². The molecule has 0 bridgehead atoms. The van der Waals surface area contributed by atoms with Gasteiger partial charge in [-0.3, -0.25) is 10.1 Å². The predicted molar refractivity (Wildman–Crippen MR) is 67.6 cm³/mol. The van der Waals surface area contributed by atoms with Gasteiger partial charge in [0.2, 0.25) is 0 Å². The highest BCUT2D eigenvalue weighted by Crippen LogP contribution is 2.25. The van der Waals surface area contributed by atoms with Crippen LogP contribution in [0.25, 0.3) is 5.57 Å². The second-order valence-corrected chi connectivity index (χ2v) is 3.70. The first-order chi connectivity index (χ1) is 8.63. The van der Waals surface area contributed by atoms with E-state index in [0.717, 1.165) is 11.1 Å². The van der Waals surface area contributed by atoms with Crippen molar-refractivity contribution in [3.8, 4) is 6.07 Å². The van der Waals surface area contributed by atoms with E-state index in [1.54, 1.807) is 12.1 Å². The van der Waals surface area contributed by atoms with E-state index in [0.29, 0.717) is 18.4 Å². The van der Waals surface area contributed by atoms with E-state index in [2.05, 4.69) is 6.07 Å². The zero-order valence-electron chi connectivity index (χ0n) is 10.1. The van der Waals surface area contributed by atoms with Crippen LogP contribution in [0.4, 0.5) is 5.69 Å². The van der Waals surface area contributed by atoms with Gasteiger partial charge in [0.15, 0.2) is 0 Å². The molecular weight excluding hydrogens is 232 g/mol. The quantitative estimate of drug-likeness (QED) is 0.491. The summed E-state index contributed by atoms with van der Waals surface area (Å²) < 4.78 is 0. The molecule has 94 valence electrons. The number of nitrogens with zero attached hydrogens (tertiary/aromatic N) is 2. The third-order valence-corrected chi connectivity index (χ3v) is 2.64. The average Bonchev–Trinajstić information content (AvgIpc) is 2.39. The van der Waals surface area contributed by atoms with Crippen molar-refractivity contribution in [3.05, 3.63) is 45.5 Å². The minimum Gasteiger partial charge on any atom is -0.396 e. The van der Waals surface area contributed by atoms with Crippen molar-refractivity contribution >= 4 is 11.3 Å². The first-order valence-electron chi connectivity index (χ1n) is 5.61. The molecule has 0 heterocycles. The summed E-state index contributed by atoms with van der Waals surface area (Å²) in [5.41, 5.74) is 2.10. The van der Waals surface area contributed by atoms with Gasteiger partial charge in [0.05, 0.1) is 11.0 Å². The van der Waals surface area contributed by atoms with Crippen LogP contribution in [0.3, 0.4) is 0 Å². The molecule has 0 unspecified atom stereocenters. The lowest BCUT2D eigenvalue weighted by Gasteiger charge is -2.08. The van der Waals surface area contributed by atoms with E-state index in [1.807, 2.05) is 6.92 Å². The summed E-state index contributed by atoms with van der Waals surface area (Å²) in [4.78, 5) is 10.1. The molecule has 0 aromatic heterocycles. The van der Waals surface area contributed by atoms with Crippen molar-refractivity contribution in [2.45, 2.75) is 19.8 Å². The number of nitro benzene ring substituents is 1. The highest BCUT2D eigenvalue weighted by atomic mass is 16.6. The number of hydrogen-bond donors (Lipinski definition) is 1. The predicted octanol–water partition coefficient (Wildman–Crippen LogP) is 2.66. The maximum absolute atomic E-state index is 10.6. The van der Waals surface area contributed by atoms with Crippen LogP contribution in [0, 0.1) is 21.4 Å². The fourth-order valence-electron chi connectivity index (χ4n) is 1.73. The Labute approximate surface area is 105 Å². The molecule has 0 aliphatic carbocycles. The van der Waals surface area contributed by atoms with E-state index < -0.39 is 4.92 Å². The van der Waals surface area contributed by atoms with Gasteiger partial charge in [-0.05, 0) is 36.1 Å². The number of allylic oxidation sites excluding steroid dienone is 1. The molecule has 1 rings (SSSR count). The molecule has 0 fully saturated rings. The molecule has 0 aliphatic rings. The highest BCUT2D eigenvalue weighted by Gasteiger charge is 2.10. The normalized spacial score (nSPS) is 11.6. The molecule has 18 heavy (non-hydrogen) atoms. The zero-order valence-corrected chi connectivity index (χ0v) is 10.1. The van der Waals surface area contributed by atoms with Crippen LogP contribution in [0.5, 0.6) is 0 Å². The summed E-state index contributed by atoms with van der Waals surface area (Å²) in [6.07, 6.45) is 0.942. The summed E-state index contributed by atoms with van der Waals surface area (Å²) in [5.74, 6) is 0. The van der Waals surface area contributed by atoms with Gasteiger partial charge in [-0.2, -0.15) is 5.26 Å². The van der Waals surface area contributed by atoms with Crippen LogP contribution in [0.1, 0.15) is 25.3 Å². The van der Waals surface area contributed by atoms with Crippen LogP contribution in [-0.4, -0.2) is 16.6 Å². The SMILES string of the molecule is CC/C(C#N)=C(\CCO)c1ccc([N+](=O)[O-])cc1. The fourth-order valence-corrected chi connectivity index (χ4v) is 1.73. The third kappa shape index (κ3) is 3.15. The van der Waals surface area contributed by atoms with Crippen LogP contribution in [0.15, 0.2) is 29.8 Å². The largest absolute Gasteiger partial charge is 0.396 e. The summed E-state index contributed by atoms with van der Waals surface area (Å²) in [7, 11) is 0. The lowest BCUT2D eigenvalue weighted by Crippen LogP contribution is -1.95. The van der Waals surface area contributed by atoms with E-state index in [1.165, 1.54) is 12.1 Å². The number of aliphatic hydroxyl groups excluding tert-OH is 1. The minimum absolute atomic E-state index is 0.0112. The highest BCUT2D eigenvalue weighted by molar-refractivity contribution is 5.72. The number of nitriles is 1. The summed E-state index contributed by atoms with van der Waals surface area (Å²) in [6.45, 7) is 1.80. The van der Waals surface area contributed by atoms with Crippen LogP contribution in [0.2, 0.25) is 0 Å².